The summed E-state index contributed by atoms with van der Waals surface area (Å²) in [4.78, 5) is 13.1. The van der Waals surface area contributed by atoms with E-state index in [1.54, 1.807) is 21.2 Å². The van der Waals surface area contributed by atoms with Gasteiger partial charge < -0.3 is 19.7 Å². The van der Waals surface area contributed by atoms with Crippen LogP contribution in [-0.4, -0.2) is 51.7 Å². The Labute approximate surface area is 184 Å². The summed E-state index contributed by atoms with van der Waals surface area (Å²) in [5, 5.41) is 4.18. The van der Waals surface area contributed by atoms with E-state index in [0.717, 1.165) is 12.1 Å². The van der Waals surface area contributed by atoms with E-state index in [-0.39, 0.29) is 31.0 Å². The van der Waals surface area contributed by atoms with Gasteiger partial charge in [0.1, 0.15) is 5.75 Å². The number of halogens is 2. The number of nitrogens with zero attached hydrogens (tertiary/aromatic N) is 1. The van der Waals surface area contributed by atoms with E-state index in [1.165, 1.54) is 10.5 Å². The molecule has 2 atom stereocenters. The number of carbonyl (C=O) groups is 1. The molecule has 0 spiro atoms. The molecule has 0 fully saturated rings. The topological polar surface area (TPSA) is 50.8 Å². The average molecular weight is 441 g/mol. The molecule has 0 radical (unpaired) electrons. The number of benzene rings is 2. The number of carbonyl (C=O) groups excluding carboxylic acids is 1. The van der Waals surface area contributed by atoms with Gasteiger partial charge in [0.25, 0.3) is 5.91 Å². The molecule has 0 aliphatic rings. The van der Waals surface area contributed by atoms with Crippen molar-refractivity contribution in [3.8, 4) is 5.75 Å². The highest BCUT2D eigenvalue weighted by Crippen LogP contribution is 2.21. The molecule has 0 aliphatic heterocycles. The minimum atomic E-state index is -0.0611. The lowest BCUT2D eigenvalue weighted by Gasteiger charge is -2.19. The molecule has 29 heavy (non-hydrogen) atoms. The predicted octanol–water partition coefficient (Wildman–Crippen LogP) is 4.31. The second kappa shape index (κ2) is 12.7. The maximum Gasteiger partial charge on any atom is 0.259 e. The number of hydrogen-bond acceptors (Lipinski definition) is 4. The van der Waals surface area contributed by atoms with Crippen LogP contribution in [0, 0.1) is 0 Å². The molecule has 0 aromatic heterocycles. The highest BCUT2D eigenvalue weighted by atomic mass is 35.5. The quantitative estimate of drug-likeness (QED) is 0.597. The fourth-order valence-corrected chi connectivity index (χ4v) is 2.96. The van der Waals surface area contributed by atoms with Gasteiger partial charge in [0, 0.05) is 39.3 Å². The van der Waals surface area contributed by atoms with Crippen LogP contribution < -0.4 is 10.1 Å². The molecule has 0 aliphatic carbocycles. The molecular weight excluding hydrogens is 411 g/mol. The monoisotopic (exact) mass is 440 g/mol. The number of ether oxygens (including phenoxy) is 2. The summed E-state index contributed by atoms with van der Waals surface area (Å²) in [5.74, 6) is 0.961. The zero-order valence-corrected chi connectivity index (χ0v) is 18.9. The van der Waals surface area contributed by atoms with Gasteiger partial charge in [0.2, 0.25) is 0 Å². The van der Waals surface area contributed by atoms with Crippen LogP contribution in [-0.2, 0) is 9.53 Å². The van der Waals surface area contributed by atoms with Gasteiger partial charge in [-0.15, -0.1) is 12.4 Å². The van der Waals surface area contributed by atoms with E-state index in [2.05, 4.69) is 12.2 Å². The van der Waals surface area contributed by atoms with Crippen LogP contribution in [0.15, 0.2) is 48.5 Å². The molecule has 0 saturated carbocycles. The minimum absolute atomic E-state index is 0. The van der Waals surface area contributed by atoms with Crippen molar-refractivity contribution in [3.63, 3.8) is 0 Å². The van der Waals surface area contributed by atoms with Gasteiger partial charge in [-0.05, 0) is 41.3 Å². The van der Waals surface area contributed by atoms with Crippen molar-refractivity contribution in [2.45, 2.75) is 18.9 Å². The first-order chi connectivity index (χ1) is 13.4. The Morgan fingerprint density at radius 1 is 1.10 bits per heavy atom. The molecule has 1 amide bonds. The molecule has 2 rings (SSSR count). The van der Waals surface area contributed by atoms with E-state index in [4.69, 9.17) is 21.1 Å². The first kappa shape index (κ1) is 25.2. The van der Waals surface area contributed by atoms with Crippen molar-refractivity contribution in [1.29, 1.82) is 0 Å². The Balaban J connectivity index is 0.00000420. The van der Waals surface area contributed by atoms with Gasteiger partial charge in [-0.3, -0.25) is 4.79 Å². The van der Waals surface area contributed by atoms with E-state index >= 15 is 0 Å². The van der Waals surface area contributed by atoms with Crippen molar-refractivity contribution in [2.24, 2.45) is 0 Å². The van der Waals surface area contributed by atoms with Crippen LogP contribution in [0.5, 0.6) is 5.75 Å². The molecule has 0 bridgehead atoms. The summed E-state index contributed by atoms with van der Waals surface area (Å²) in [6.45, 7) is 3.74. The first-order valence-electron chi connectivity index (χ1n) is 9.32. The summed E-state index contributed by atoms with van der Waals surface area (Å²) in [6.07, 6.45) is -0.0455. The van der Waals surface area contributed by atoms with Crippen molar-refractivity contribution in [3.05, 3.63) is 64.7 Å². The number of amides is 1. The lowest BCUT2D eigenvalue weighted by Crippen LogP contribution is -2.27. The number of rotatable bonds is 10. The van der Waals surface area contributed by atoms with Crippen molar-refractivity contribution in [2.75, 3.05) is 40.9 Å². The van der Waals surface area contributed by atoms with Crippen molar-refractivity contribution < 1.29 is 14.3 Å². The van der Waals surface area contributed by atoms with Crippen molar-refractivity contribution >= 4 is 29.9 Å². The first-order valence-corrected chi connectivity index (χ1v) is 9.70. The number of likely N-dealkylation sites (N-methyl/N-ethyl adjacent to an activating group) is 1. The third-order valence-electron chi connectivity index (χ3n) is 4.60. The molecule has 5 nitrogen and oxygen atoms in total. The third-order valence-corrected chi connectivity index (χ3v) is 4.83. The molecule has 2 aromatic rings. The van der Waals surface area contributed by atoms with Gasteiger partial charge in [0.05, 0.1) is 6.10 Å². The molecule has 1 N–H and O–H groups in total. The second-order valence-electron chi connectivity index (χ2n) is 6.98. The van der Waals surface area contributed by atoms with Gasteiger partial charge in [-0.25, -0.2) is 0 Å². The summed E-state index contributed by atoms with van der Waals surface area (Å²) >= 11 is 6.07. The lowest BCUT2D eigenvalue weighted by atomic mass is 10.0. The van der Waals surface area contributed by atoms with E-state index in [9.17, 15) is 4.79 Å². The fourth-order valence-electron chi connectivity index (χ4n) is 2.76. The van der Waals surface area contributed by atoms with Gasteiger partial charge in [-0.1, -0.05) is 42.8 Å². The minimum Gasteiger partial charge on any atom is -0.484 e. The zero-order valence-electron chi connectivity index (χ0n) is 17.4. The maximum absolute atomic E-state index is 11.6. The zero-order chi connectivity index (χ0) is 20.5. The molecule has 0 heterocycles. The van der Waals surface area contributed by atoms with Gasteiger partial charge in [0.15, 0.2) is 6.61 Å². The predicted molar refractivity (Wildman–Crippen MR) is 120 cm³/mol. The summed E-state index contributed by atoms with van der Waals surface area (Å²) in [6, 6.07) is 15.6. The SMILES string of the molecule is COC(CNCC(C)c1ccc(OCC(=O)N(C)C)cc1)c1cccc(Cl)c1.Cl. The normalized spacial score (nSPS) is 12.6. The number of methoxy groups -OCH3 is 1. The second-order valence-corrected chi connectivity index (χ2v) is 7.42. The Hall–Kier alpha value is -1.79. The van der Waals surface area contributed by atoms with Gasteiger partial charge in [-0.2, -0.15) is 0 Å². The molecule has 2 aromatic carbocycles. The lowest BCUT2D eigenvalue weighted by molar-refractivity contribution is -0.130. The number of nitrogens with one attached hydrogen (secondary N) is 1. The molecule has 0 saturated heterocycles. The number of hydrogen-bond donors (Lipinski definition) is 1. The summed E-state index contributed by atoms with van der Waals surface area (Å²) in [5.41, 5.74) is 2.26. The highest BCUT2D eigenvalue weighted by molar-refractivity contribution is 6.30. The molecular formula is C22H30Cl2N2O3. The average Bonchev–Trinajstić information content (AvgIpc) is 2.69. The van der Waals surface area contributed by atoms with Crippen LogP contribution in [0.1, 0.15) is 30.1 Å². The highest BCUT2D eigenvalue weighted by Gasteiger charge is 2.12. The standard InChI is InChI=1S/C22H29ClN2O3.ClH/c1-16(13-24-14-21(27-4)18-6-5-7-19(23)12-18)17-8-10-20(11-9-17)28-15-22(26)25(2)3;/h5-12,16,21,24H,13-15H2,1-4H3;1H. The van der Waals surface area contributed by atoms with Crippen LogP contribution in [0.3, 0.4) is 0 Å². The Kier molecular flexibility index (Phi) is 11.1. The molecule has 160 valence electrons. The Morgan fingerprint density at radius 2 is 1.79 bits per heavy atom. The van der Waals surface area contributed by atoms with Gasteiger partial charge >= 0.3 is 0 Å². The maximum atomic E-state index is 11.6. The van der Waals surface area contributed by atoms with Crippen LogP contribution >= 0.6 is 24.0 Å². The van der Waals surface area contributed by atoms with Crippen LogP contribution in [0.4, 0.5) is 0 Å². The van der Waals surface area contributed by atoms with E-state index < -0.39 is 0 Å². The Morgan fingerprint density at radius 3 is 2.38 bits per heavy atom. The summed E-state index contributed by atoms with van der Waals surface area (Å²) in [7, 11) is 5.13. The largest absolute Gasteiger partial charge is 0.484 e. The van der Waals surface area contributed by atoms with Crippen LogP contribution in [0.25, 0.3) is 0 Å². The van der Waals surface area contributed by atoms with Crippen molar-refractivity contribution in [1.82, 2.24) is 10.2 Å². The molecule has 7 heteroatoms. The van der Waals surface area contributed by atoms with E-state index in [1.807, 2.05) is 48.5 Å². The summed E-state index contributed by atoms with van der Waals surface area (Å²) < 4.78 is 11.1. The fraction of sp³-hybridized carbons (Fsp3) is 0.409. The molecule has 2 unspecified atom stereocenters. The Bertz CT molecular complexity index is 754. The van der Waals surface area contributed by atoms with E-state index in [0.29, 0.717) is 23.2 Å². The third kappa shape index (κ3) is 8.23. The van der Waals surface area contributed by atoms with Crippen LogP contribution in [0.2, 0.25) is 5.02 Å². The smallest absolute Gasteiger partial charge is 0.259 e.